The van der Waals surface area contributed by atoms with E-state index in [0.29, 0.717) is 29.4 Å². The topological polar surface area (TPSA) is 59.1 Å². The number of ether oxygens (including phenoxy) is 2. The first kappa shape index (κ1) is 17.8. The van der Waals surface area contributed by atoms with Crippen LogP contribution in [0.1, 0.15) is 55.3 Å². The minimum absolute atomic E-state index is 0.0632. The highest BCUT2D eigenvalue weighted by molar-refractivity contribution is 5.95. The lowest BCUT2D eigenvalue weighted by Crippen LogP contribution is -2.43. The van der Waals surface area contributed by atoms with Crippen LogP contribution in [0.25, 0.3) is 0 Å². The molecule has 6 nitrogen and oxygen atoms in total. The van der Waals surface area contributed by atoms with Gasteiger partial charge in [0.2, 0.25) is 12.7 Å². The molecule has 5 rings (SSSR count). The summed E-state index contributed by atoms with van der Waals surface area (Å²) in [5, 5.41) is 0. The second kappa shape index (κ2) is 6.98. The van der Waals surface area contributed by atoms with E-state index in [4.69, 9.17) is 9.47 Å². The minimum atomic E-state index is 0.0632. The summed E-state index contributed by atoms with van der Waals surface area (Å²) < 4.78 is 10.7. The van der Waals surface area contributed by atoms with E-state index >= 15 is 0 Å². The van der Waals surface area contributed by atoms with Crippen molar-refractivity contribution in [1.82, 2.24) is 9.80 Å². The van der Waals surface area contributed by atoms with Crippen LogP contribution in [0.5, 0.6) is 11.5 Å². The van der Waals surface area contributed by atoms with Crippen LogP contribution in [0.2, 0.25) is 0 Å². The molecule has 2 saturated heterocycles. The second-order valence-corrected chi connectivity index (χ2v) is 8.89. The van der Waals surface area contributed by atoms with Gasteiger partial charge in [-0.15, -0.1) is 0 Å². The summed E-state index contributed by atoms with van der Waals surface area (Å²) in [7, 11) is 0. The van der Waals surface area contributed by atoms with Crippen molar-refractivity contribution in [3.05, 3.63) is 23.8 Å². The molecule has 1 spiro atoms. The Morgan fingerprint density at radius 1 is 1.04 bits per heavy atom. The van der Waals surface area contributed by atoms with Crippen molar-refractivity contribution >= 4 is 11.8 Å². The van der Waals surface area contributed by atoms with Crippen LogP contribution in [-0.2, 0) is 4.79 Å². The number of carbonyl (C=O) groups excluding carboxylic acids is 2. The van der Waals surface area contributed by atoms with Crippen LogP contribution < -0.4 is 9.47 Å². The standard InChI is InChI=1S/C22H28N2O4/c25-20-5-6-22(9-12-24(20)14-16-1-2-16)7-10-23(11-8-22)21(26)17-3-4-18-19(13-17)28-15-27-18/h3-4,13,16H,1-2,5-12,14-15H2. The maximum Gasteiger partial charge on any atom is 0.253 e. The van der Waals surface area contributed by atoms with Gasteiger partial charge in [0.1, 0.15) is 0 Å². The maximum atomic E-state index is 12.9. The van der Waals surface area contributed by atoms with Crippen molar-refractivity contribution < 1.29 is 19.1 Å². The van der Waals surface area contributed by atoms with E-state index in [1.165, 1.54) is 12.8 Å². The number of hydrogen-bond donors (Lipinski definition) is 0. The highest BCUT2D eigenvalue weighted by Gasteiger charge is 2.40. The Labute approximate surface area is 165 Å². The summed E-state index contributed by atoms with van der Waals surface area (Å²) in [4.78, 5) is 29.5. The second-order valence-electron chi connectivity index (χ2n) is 8.89. The number of hydrogen-bond acceptors (Lipinski definition) is 4. The van der Waals surface area contributed by atoms with Crippen molar-refractivity contribution in [2.75, 3.05) is 33.0 Å². The van der Waals surface area contributed by atoms with Crippen LogP contribution in [0, 0.1) is 11.3 Å². The molecule has 0 unspecified atom stereocenters. The van der Waals surface area contributed by atoms with Crippen LogP contribution in [0.15, 0.2) is 18.2 Å². The number of amides is 2. The van der Waals surface area contributed by atoms with Crippen molar-refractivity contribution in [2.45, 2.75) is 44.9 Å². The number of piperidine rings is 1. The molecular formula is C22H28N2O4. The zero-order valence-corrected chi connectivity index (χ0v) is 16.3. The molecule has 6 heteroatoms. The number of carbonyl (C=O) groups is 2. The number of rotatable bonds is 3. The van der Waals surface area contributed by atoms with E-state index < -0.39 is 0 Å². The van der Waals surface area contributed by atoms with Crippen LogP contribution >= 0.6 is 0 Å². The fraction of sp³-hybridized carbons (Fsp3) is 0.636. The van der Waals surface area contributed by atoms with Gasteiger partial charge in [-0.05, 0) is 68.1 Å². The smallest absolute Gasteiger partial charge is 0.253 e. The summed E-state index contributed by atoms with van der Waals surface area (Å²) in [6.07, 6.45) is 7.28. The van der Waals surface area contributed by atoms with E-state index in [0.717, 1.165) is 57.8 Å². The van der Waals surface area contributed by atoms with Crippen molar-refractivity contribution in [2.24, 2.45) is 11.3 Å². The Morgan fingerprint density at radius 2 is 1.79 bits per heavy atom. The molecule has 0 radical (unpaired) electrons. The molecule has 1 aromatic rings. The van der Waals surface area contributed by atoms with Gasteiger partial charge in [0.15, 0.2) is 11.5 Å². The monoisotopic (exact) mass is 384 g/mol. The molecule has 150 valence electrons. The van der Waals surface area contributed by atoms with Gasteiger partial charge in [-0.3, -0.25) is 9.59 Å². The van der Waals surface area contributed by atoms with Crippen molar-refractivity contribution in [3.63, 3.8) is 0 Å². The van der Waals surface area contributed by atoms with Crippen LogP contribution in [0.4, 0.5) is 0 Å². The lowest BCUT2D eigenvalue weighted by Gasteiger charge is -2.41. The normalized spacial score (nSPS) is 23.8. The number of benzene rings is 1. The van der Waals surface area contributed by atoms with Gasteiger partial charge in [-0.2, -0.15) is 0 Å². The van der Waals surface area contributed by atoms with Crippen LogP contribution in [0.3, 0.4) is 0 Å². The number of fused-ring (bicyclic) bond motifs is 1. The molecule has 0 bridgehead atoms. The highest BCUT2D eigenvalue weighted by Crippen LogP contribution is 2.42. The first-order chi connectivity index (χ1) is 13.6. The minimum Gasteiger partial charge on any atom is -0.454 e. The molecule has 3 heterocycles. The fourth-order valence-electron chi connectivity index (χ4n) is 4.85. The van der Waals surface area contributed by atoms with Crippen molar-refractivity contribution in [1.29, 1.82) is 0 Å². The first-order valence-electron chi connectivity index (χ1n) is 10.6. The Balaban J connectivity index is 1.21. The number of likely N-dealkylation sites (tertiary alicyclic amines) is 2. The first-order valence-corrected chi connectivity index (χ1v) is 10.6. The zero-order valence-electron chi connectivity index (χ0n) is 16.3. The summed E-state index contributed by atoms with van der Waals surface area (Å²) >= 11 is 0. The third-order valence-electron chi connectivity index (χ3n) is 7.04. The van der Waals surface area contributed by atoms with E-state index in [9.17, 15) is 9.59 Å². The van der Waals surface area contributed by atoms with E-state index in [1.54, 1.807) is 6.07 Å². The third-order valence-corrected chi connectivity index (χ3v) is 7.04. The molecule has 2 amide bonds. The highest BCUT2D eigenvalue weighted by atomic mass is 16.7. The Morgan fingerprint density at radius 3 is 2.57 bits per heavy atom. The molecule has 0 atom stereocenters. The SMILES string of the molecule is O=C1CCC2(CCN1CC1CC1)CCN(C(=O)c1ccc3c(c1)OCO3)CC2. The average Bonchev–Trinajstić information content (AvgIpc) is 3.45. The van der Waals surface area contributed by atoms with Crippen LogP contribution in [-0.4, -0.2) is 54.6 Å². The Bertz CT molecular complexity index is 781. The summed E-state index contributed by atoms with van der Waals surface area (Å²) in [6.45, 7) is 3.61. The predicted molar refractivity (Wildman–Crippen MR) is 103 cm³/mol. The average molecular weight is 384 g/mol. The van der Waals surface area contributed by atoms with Gasteiger partial charge in [0.05, 0.1) is 0 Å². The van der Waals surface area contributed by atoms with Gasteiger partial charge in [0, 0.05) is 38.2 Å². The van der Waals surface area contributed by atoms with Gasteiger partial charge in [0.25, 0.3) is 5.91 Å². The molecule has 3 aliphatic heterocycles. The van der Waals surface area contributed by atoms with Crippen molar-refractivity contribution in [3.8, 4) is 11.5 Å². The lowest BCUT2D eigenvalue weighted by molar-refractivity contribution is -0.130. The molecule has 28 heavy (non-hydrogen) atoms. The fourth-order valence-corrected chi connectivity index (χ4v) is 4.85. The molecule has 1 aliphatic carbocycles. The Hall–Kier alpha value is -2.24. The quantitative estimate of drug-likeness (QED) is 0.804. The van der Waals surface area contributed by atoms with Gasteiger partial charge in [-0.25, -0.2) is 0 Å². The van der Waals surface area contributed by atoms with E-state index in [1.807, 2.05) is 17.0 Å². The maximum absolute atomic E-state index is 12.9. The predicted octanol–water partition coefficient (Wildman–Crippen LogP) is 3.06. The molecular weight excluding hydrogens is 356 g/mol. The molecule has 1 aromatic carbocycles. The third kappa shape index (κ3) is 3.45. The van der Waals surface area contributed by atoms with Gasteiger partial charge >= 0.3 is 0 Å². The molecule has 4 aliphatic rings. The van der Waals surface area contributed by atoms with Gasteiger partial charge < -0.3 is 19.3 Å². The summed E-state index contributed by atoms with van der Waals surface area (Å²) in [5.74, 6) is 2.50. The summed E-state index contributed by atoms with van der Waals surface area (Å²) in [5.41, 5.74) is 0.881. The summed E-state index contributed by atoms with van der Waals surface area (Å²) in [6, 6.07) is 5.42. The van der Waals surface area contributed by atoms with Gasteiger partial charge in [-0.1, -0.05) is 0 Å². The van der Waals surface area contributed by atoms with E-state index in [-0.39, 0.29) is 18.1 Å². The molecule has 0 N–H and O–H groups in total. The zero-order chi connectivity index (χ0) is 19.1. The lowest BCUT2D eigenvalue weighted by atomic mass is 9.73. The molecule has 0 aromatic heterocycles. The number of nitrogens with zero attached hydrogens (tertiary/aromatic N) is 2. The molecule has 3 fully saturated rings. The Kier molecular flexibility index (Phi) is 4.44. The van der Waals surface area contributed by atoms with E-state index in [2.05, 4.69) is 4.90 Å². The molecule has 1 saturated carbocycles. The largest absolute Gasteiger partial charge is 0.454 e.